The van der Waals surface area contributed by atoms with Crippen molar-refractivity contribution in [3.8, 4) is 28.4 Å². The van der Waals surface area contributed by atoms with E-state index in [1.54, 1.807) is 0 Å². The minimum absolute atomic E-state index is 0.532. The largest absolute Gasteiger partial charge is 0.486 e. The molecule has 5 nitrogen and oxygen atoms in total. The molecule has 0 unspecified atom stereocenters. The topological polar surface area (TPSA) is 49.2 Å². The van der Waals surface area contributed by atoms with E-state index >= 15 is 0 Å². The van der Waals surface area contributed by atoms with Crippen LogP contribution in [0.3, 0.4) is 0 Å². The molecule has 0 spiro atoms. The van der Waals surface area contributed by atoms with Crippen molar-refractivity contribution in [3.05, 3.63) is 77.4 Å². The highest BCUT2D eigenvalue weighted by atomic mass is 35.5. The van der Waals surface area contributed by atoms with Gasteiger partial charge in [-0.1, -0.05) is 48.0 Å². The first kappa shape index (κ1) is 18.2. The number of aromatic nitrogens is 3. The van der Waals surface area contributed by atoms with Gasteiger partial charge in [0.15, 0.2) is 11.5 Å². The highest BCUT2D eigenvalue weighted by Crippen LogP contribution is 2.39. The van der Waals surface area contributed by atoms with E-state index < -0.39 is 0 Å². The molecule has 0 aliphatic carbocycles. The molecule has 1 aliphatic rings. The Hall–Kier alpha value is -3.57. The molecule has 31 heavy (non-hydrogen) atoms. The van der Waals surface area contributed by atoms with Crippen molar-refractivity contribution in [1.29, 1.82) is 0 Å². The number of hydrogen-bond acceptors (Lipinski definition) is 4. The molecule has 3 heterocycles. The molecule has 0 fully saturated rings. The first-order chi connectivity index (χ1) is 15.2. The Bertz CT molecular complexity index is 1460. The van der Waals surface area contributed by atoms with Crippen molar-refractivity contribution in [1.82, 2.24) is 14.8 Å². The van der Waals surface area contributed by atoms with E-state index in [2.05, 4.69) is 12.1 Å². The molecule has 0 bridgehead atoms. The Labute approximate surface area is 183 Å². The van der Waals surface area contributed by atoms with Gasteiger partial charge >= 0.3 is 0 Å². The second-order valence-corrected chi connectivity index (χ2v) is 8.00. The second kappa shape index (κ2) is 7.00. The lowest BCUT2D eigenvalue weighted by Gasteiger charge is -2.19. The van der Waals surface area contributed by atoms with Crippen molar-refractivity contribution in [3.63, 3.8) is 0 Å². The number of nitrogens with zero attached hydrogens (tertiary/aromatic N) is 3. The van der Waals surface area contributed by atoms with Crippen molar-refractivity contribution in [2.24, 2.45) is 0 Å². The third kappa shape index (κ3) is 2.93. The molecule has 0 N–H and O–H groups in total. The summed E-state index contributed by atoms with van der Waals surface area (Å²) in [6, 6.07) is 20.1. The first-order valence-corrected chi connectivity index (χ1v) is 10.5. The lowest BCUT2D eigenvalue weighted by atomic mass is 10.1. The summed E-state index contributed by atoms with van der Waals surface area (Å²) >= 11 is 6.46. The molecular formula is C25H18ClN3O2. The molecule has 152 valence electrons. The van der Waals surface area contributed by atoms with Gasteiger partial charge in [-0.3, -0.25) is 4.98 Å². The van der Waals surface area contributed by atoms with Gasteiger partial charge in [-0.05, 0) is 30.7 Å². The maximum atomic E-state index is 6.46. The van der Waals surface area contributed by atoms with Gasteiger partial charge < -0.3 is 9.47 Å². The lowest BCUT2D eigenvalue weighted by molar-refractivity contribution is 0.172. The van der Waals surface area contributed by atoms with E-state index in [0.717, 1.165) is 55.8 Å². The molecule has 5 aromatic rings. The van der Waals surface area contributed by atoms with Crippen LogP contribution < -0.4 is 9.47 Å². The molecule has 0 saturated heterocycles. The highest BCUT2D eigenvalue weighted by Gasteiger charge is 2.20. The molecule has 0 amide bonds. The number of pyridine rings is 1. The second-order valence-electron chi connectivity index (χ2n) is 7.59. The van der Waals surface area contributed by atoms with Gasteiger partial charge in [0.1, 0.15) is 18.9 Å². The van der Waals surface area contributed by atoms with Crippen LogP contribution in [-0.4, -0.2) is 28.0 Å². The van der Waals surface area contributed by atoms with Gasteiger partial charge in [0.05, 0.1) is 16.7 Å². The Morgan fingerprint density at radius 3 is 2.45 bits per heavy atom. The van der Waals surface area contributed by atoms with Crippen LogP contribution in [0, 0.1) is 6.92 Å². The molecule has 1 aliphatic heterocycles. The van der Waals surface area contributed by atoms with E-state index in [4.69, 9.17) is 31.2 Å². The number of halogens is 1. The summed E-state index contributed by atoms with van der Waals surface area (Å²) in [5.41, 5.74) is 5.61. The van der Waals surface area contributed by atoms with Gasteiger partial charge in [0.2, 0.25) is 0 Å². The van der Waals surface area contributed by atoms with E-state index in [1.807, 2.05) is 66.3 Å². The molecule has 0 atom stereocenters. The predicted molar refractivity (Wildman–Crippen MR) is 123 cm³/mol. The zero-order valence-corrected chi connectivity index (χ0v) is 17.6. The average Bonchev–Trinajstić information content (AvgIpc) is 3.20. The fourth-order valence-electron chi connectivity index (χ4n) is 4.03. The predicted octanol–water partition coefficient (Wildman–Crippen LogP) is 5.97. The SMILES string of the molecule is Cc1ccc(-n2nc(-c3ccccc3)c3cnc4cc5c(cc4c32)OCCO5)cc1Cl. The van der Waals surface area contributed by atoms with Gasteiger partial charge in [0.25, 0.3) is 0 Å². The fourth-order valence-corrected chi connectivity index (χ4v) is 4.20. The number of ether oxygens (including phenoxy) is 2. The Morgan fingerprint density at radius 1 is 0.903 bits per heavy atom. The van der Waals surface area contributed by atoms with Crippen LogP contribution in [-0.2, 0) is 0 Å². The Balaban J connectivity index is 1.72. The lowest BCUT2D eigenvalue weighted by Crippen LogP contribution is -2.15. The van der Waals surface area contributed by atoms with Crippen molar-refractivity contribution in [2.45, 2.75) is 6.92 Å². The van der Waals surface area contributed by atoms with Gasteiger partial charge in [-0.25, -0.2) is 4.68 Å². The van der Waals surface area contributed by atoms with Crippen LogP contribution >= 0.6 is 11.6 Å². The van der Waals surface area contributed by atoms with E-state index in [1.165, 1.54) is 0 Å². The number of aryl methyl sites for hydroxylation is 1. The van der Waals surface area contributed by atoms with E-state index in [9.17, 15) is 0 Å². The summed E-state index contributed by atoms with van der Waals surface area (Å²) in [4.78, 5) is 4.73. The summed E-state index contributed by atoms with van der Waals surface area (Å²) < 4.78 is 13.6. The smallest absolute Gasteiger partial charge is 0.163 e. The summed E-state index contributed by atoms with van der Waals surface area (Å²) in [7, 11) is 0. The fraction of sp³-hybridized carbons (Fsp3) is 0.120. The highest BCUT2D eigenvalue weighted by molar-refractivity contribution is 6.31. The monoisotopic (exact) mass is 427 g/mol. The standard InChI is InChI=1S/C25H18ClN3O2/c1-15-7-8-17(11-20(15)26)29-25-18-12-22-23(31-10-9-30-22)13-21(18)27-14-19(25)24(28-29)16-5-3-2-4-6-16/h2-8,11-14H,9-10H2,1H3. The average molecular weight is 428 g/mol. The maximum absolute atomic E-state index is 6.46. The molecule has 3 aromatic carbocycles. The number of benzene rings is 3. The number of hydrogen-bond donors (Lipinski definition) is 0. The zero-order chi connectivity index (χ0) is 20.9. The summed E-state index contributed by atoms with van der Waals surface area (Å²) in [6.07, 6.45) is 1.88. The van der Waals surface area contributed by atoms with Crippen LogP contribution in [0.25, 0.3) is 38.8 Å². The minimum atomic E-state index is 0.532. The Kier molecular flexibility index (Phi) is 4.11. The number of fused-ring (bicyclic) bond motifs is 4. The quantitative estimate of drug-likeness (QED) is 0.348. The summed E-state index contributed by atoms with van der Waals surface area (Å²) in [6.45, 7) is 3.06. The van der Waals surface area contributed by atoms with Crippen molar-refractivity contribution in [2.75, 3.05) is 13.2 Å². The van der Waals surface area contributed by atoms with Crippen molar-refractivity contribution >= 4 is 33.4 Å². The van der Waals surface area contributed by atoms with Gasteiger partial charge in [-0.2, -0.15) is 5.10 Å². The molecule has 0 radical (unpaired) electrons. The third-order valence-corrected chi connectivity index (χ3v) is 6.02. The molecular weight excluding hydrogens is 410 g/mol. The van der Waals surface area contributed by atoms with Gasteiger partial charge in [-0.15, -0.1) is 0 Å². The molecule has 6 heteroatoms. The molecule has 2 aromatic heterocycles. The zero-order valence-electron chi connectivity index (χ0n) is 16.8. The van der Waals surface area contributed by atoms with Crippen LogP contribution in [0.4, 0.5) is 0 Å². The van der Waals surface area contributed by atoms with Crippen LogP contribution in [0.5, 0.6) is 11.5 Å². The van der Waals surface area contributed by atoms with Crippen LogP contribution in [0.2, 0.25) is 5.02 Å². The molecule has 0 saturated carbocycles. The Morgan fingerprint density at radius 2 is 1.68 bits per heavy atom. The number of rotatable bonds is 2. The van der Waals surface area contributed by atoms with E-state index in [0.29, 0.717) is 18.2 Å². The van der Waals surface area contributed by atoms with E-state index in [-0.39, 0.29) is 0 Å². The maximum Gasteiger partial charge on any atom is 0.163 e. The van der Waals surface area contributed by atoms with Crippen LogP contribution in [0.1, 0.15) is 5.56 Å². The summed E-state index contributed by atoms with van der Waals surface area (Å²) in [5.74, 6) is 1.45. The van der Waals surface area contributed by atoms with Crippen LogP contribution in [0.15, 0.2) is 66.9 Å². The van der Waals surface area contributed by atoms with Crippen molar-refractivity contribution < 1.29 is 9.47 Å². The minimum Gasteiger partial charge on any atom is -0.486 e. The van der Waals surface area contributed by atoms with Gasteiger partial charge in [0, 0.05) is 33.6 Å². The summed E-state index contributed by atoms with van der Waals surface area (Å²) in [5, 5.41) is 7.63. The molecule has 6 rings (SSSR count). The third-order valence-electron chi connectivity index (χ3n) is 5.62. The normalized spacial score (nSPS) is 13.1. The first-order valence-electron chi connectivity index (χ1n) is 10.1.